The van der Waals surface area contributed by atoms with E-state index in [9.17, 15) is 9.59 Å². The highest BCUT2D eigenvalue weighted by Gasteiger charge is 2.27. The maximum Gasteiger partial charge on any atom is 0.321 e. The van der Waals surface area contributed by atoms with Gasteiger partial charge in [-0.1, -0.05) is 0 Å². The third-order valence-corrected chi connectivity index (χ3v) is 1.73. The number of likely N-dealkylation sites (N-methyl/N-ethyl adjacent to an activating group) is 1. The van der Waals surface area contributed by atoms with Crippen LogP contribution < -0.4 is 0 Å². The molecule has 3 N–H and O–H groups in total. The lowest BCUT2D eigenvalue weighted by Gasteiger charge is -2.25. The van der Waals surface area contributed by atoms with E-state index < -0.39 is 30.6 Å². The number of aliphatic hydroxyl groups excluding tert-OH is 1. The van der Waals surface area contributed by atoms with E-state index in [1.54, 1.807) is 0 Å². The highest BCUT2D eigenvalue weighted by atomic mass is 16.4. The molecule has 2 unspecified atom stereocenters. The van der Waals surface area contributed by atoms with E-state index in [1.165, 1.54) is 14.0 Å². The molecule has 0 aliphatic rings. The molecule has 0 aliphatic heterocycles. The van der Waals surface area contributed by atoms with Crippen LogP contribution in [0.25, 0.3) is 0 Å². The minimum atomic E-state index is -1.26. The summed E-state index contributed by atoms with van der Waals surface area (Å²) in [6, 6.07) is -1.20. The first kappa shape index (κ1) is 11.9. The van der Waals surface area contributed by atoms with Crippen LogP contribution >= 0.6 is 0 Å². The topological polar surface area (TPSA) is 98.1 Å². The van der Waals surface area contributed by atoms with Gasteiger partial charge in [-0.3, -0.25) is 14.5 Å². The Morgan fingerprint density at radius 1 is 1.38 bits per heavy atom. The smallest absolute Gasteiger partial charge is 0.321 e. The van der Waals surface area contributed by atoms with Crippen molar-refractivity contribution in [2.75, 3.05) is 7.05 Å². The predicted octanol–water partition coefficient (Wildman–Crippen LogP) is -0.816. The first-order valence-corrected chi connectivity index (χ1v) is 3.71. The Labute approximate surface area is 75.4 Å². The molecule has 0 radical (unpaired) electrons. The number of aliphatic carboxylic acids is 2. The zero-order valence-corrected chi connectivity index (χ0v) is 7.47. The summed E-state index contributed by atoms with van der Waals surface area (Å²) in [5.74, 6) is -2.47. The molecule has 13 heavy (non-hydrogen) atoms. The van der Waals surface area contributed by atoms with Crippen LogP contribution in [0.3, 0.4) is 0 Å². The molecule has 6 heteroatoms. The van der Waals surface area contributed by atoms with Gasteiger partial charge in [0.1, 0.15) is 12.3 Å². The van der Waals surface area contributed by atoms with Crippen molar-refractivity contribution in [3.8, 4) is 0 Å². The average molecular weight is 191 g/mol. The molecule has 0 spiro atoms. The van der Waals surface area contributed by atoms with Gasteiger partial charge in [0, 0.05) is 0 Å². The van der Waals surface area contributed by atoms with E-state index in [-0.39, 0.29) is 0 Å². The van der Waals surface area contributed by atoms with Gasteiger partial charge >= 0.3 is 11.9 Å². The molecule has 76 valence electrons. The fourth-order valence-corrected chi connectivity index (χ4v) is 0.831. The Morgan fingerprint density at radius 2 is 1.85 bits per heavy atom. The van der Waals surface area contributed by atoms with Crippen LogP contribution in [0, 0.1) is 0 Å². The van der Waals surface area contributed by atoms with E-state index in [1.807, 2.05) is 0 Å². The Balaban J connectivity index is 4.41. The van der Waals surface area contributed by atoms with Gasteiger partial charge in [0.2, 0.25) is 0 Å². The average Bonchev–Trinajstić information content (AvgIpc) is 1.97. The minimum Gasteiger partial charge on any atom is -0.481 e. The molecule has 0 rings (SSSR count). The number of hydrogen-bond donors (Lipinski definition) is 3. The number of carboxylic acid groups (broad SMARTS) is 2. The number of aliphatic hydroxyl groups is 1. The number of hydrogen-bond acceptors (Lipinski definition) is 4. The van der Waals surface area contributed by atoms with Gasteiger partial charge in [-0.25, -0.2) is 0 Å². The lowest BCUT2D eigenvalue weighted by Crippen LogP contribution is -2.44. The molecule has 0 saturated heterocycles. The van der Waals surface area contributed by atoms with E-state index in [0.717, 1.165) is 4.90 Å². The Kier molecular flexibility index (Phi) is 4.36. The highest BCUT2D eigenvalue weighted by molar-refractivity contribution is 5.80. The van der Waals surface area contributed by atoms with E-state index in [4.69, 9.17) is 15.3 Å². The Morgan fingerprint density at radius 3 is 2.08 bits per heavy atom. The molecule has 0 aromatic carbocycles. The maximum absolute atomic E-state index is 10.6. The molecule has 0 aromatic heterocycles. The molecule has 0 fully saturated rings. The van der Waals surface area contributed by atoms with Crippen LogP contribution in [0.2, 0.25) is 0 Å². The van der Waals surface area contributed by atoms with Crippen LogP contribution in [-0.4, -0.2) is 51.5 Å². The molecular formula is C7H13NO5. The van der Waals surface area contributed by atoms with Crippen molar-refractivity contribution in [2.24, 2.45) is 0 Å². The Hall–Kier alpha value is -1.14. The van der Waals surface area contributed by atoms with Crippen molar-refractivity contribution in [3.05, 3.63) is 0 Å². The molecule has 0 bridgehead atoms. The molecule has 0 aromatic rings. The second-order valence-corrected chi connectivity index (χ2v) is 2.75. The summed E-state index contributed by atoms with van der Waals surface area (Å²) in [6.45, 7) is 1.37. The van der Waals surface area contributed by atoms with Gasteiger partial charge in [0.05, 0.1) is 6.42 Å². The molecule has 0 amide bonds. The molecule has 6 nitrogen and oxygen atoms in total. The SMILES string of the molecule is CC(O)N(C)C(CC(=O)O)C(=O)O. The van der Waals surface area contributed by atoms with Crippen molar-refractivity contribution in [1.29, 1.82) is 0 Å². The van der Waals surface area contributed by atoms with E-state index in [2.05, 4.69) is 0 Å². The third-order valence-electron chi connectivity index (χ3n) is 1.73. The maximum atomic E-state index is 10.6. The number of nitrogens with zero attached hydrogens (tertiary/aromatic N) is 1. The molecule has 2 atom stereocenters. The van der Waals surface area contributed by atoms with Gasteiger partial charge in [-0.15, -0.1) is 0 Å². The van der Waals surface area contributed by atoms with E-state index >= 15 is 0 Å². The normalized spacial score (nSPS) is 15.4. The standard InChI is InChI=1S/C7H13NO5/c1-4(9)8(2)5(7(12)13)3-6(10)11/h4-5,9H,3H2,1-2H3,(H,10,11)(H,12,13). The molecular weight excluding hydrogens is 178 g/mol. The first-order valence-electron chi connectivity index (χ1n) is 3.71. The van der Waals surface area contributed by atoms with Crippen molar-refractivity contribution in [3.63, 3.8) is 0 Å². The van der Waals surface area contributed by atoms with Crippen LogP contribution in [-0.2, 0) is 9.59 Å². The predicted molar refractivity (Wildman–Crippen MR) is 43.1 cm³/mol. The zero-order chi connectivity index (χ0) is 10.6. The fourth-order valence-electron chi connectivity index (χ4n) is 0.831. The van der Waals surface area contributed by atoms with Crippen molar-refractivity contribution in [2.45, 2.75) is 25.6 Å². The number of carboxylic acids is 2. The first-order chi connectivity index (χ1) is 5.86. The van der Waals surface area contributed by atoms with Gasteiger partial charge in [-0.2, -0.15) is 0 Å². The summed E-state index contributed by atoms with van der Waals surface area (Å²) < 4.78 is 0. The van der Waals surface area contributed by atoms with Gasteiger partial charge in [-0.05, 0) is 14.0 Å². The van der Waals surface area contributed by atoms with Gasteiger partial charge in [0.15, 0.2) is 0 Å². The van der Waals surface area contributed by atoms with Gasteiger partial charge < -0.3 is 15.3 Å². The molecule has 0 heterocycles. The van der Waals surface area contributed by atoms with Crippen molar-refractivity contribution in [1.82, 2.24) is 4.90 Å². The summed E-state index contributed by atoms with van der Waals surface area (Å²) in [5.41, 5.74) is 0. The van der Waals surface area contributed by atoms with Crippen LogP contribution in [0.1, 0.15) is 13.3 Å². The third kappa shape index (κ3) is 3.86. The summed E-state index contributed by atoms with van der Waals surface area (Å²) in [7, 11) is 1.35. The van der Waals surface area contributed by atoms with Crippen LogP contribution in [0.15, 0.2) is 0 Å². The lowest BCUT2D eigenvalue weighted by atomic mass is 10.2. The summed E-state index contributed by atoms with van der Waals surface area (Å²) >= 11 is 0. The quantitative estimate of drug-likeness (QED) is 0.491. The van der Waals surface area contributed by atoms with Crippen molar-refractivity contribution >= 4 is 11.9 Å². The van der Waals surface area contributed by atoms with E-state index in [0.29, 0.717) is 0 Å². The number of carbonyl (C=O) groups is 2. The summed E-state index contributed by atoms with van der Waals surface area (Å²) in [6.07, 6.45) is -1.52. The van der Waals surface area contributed by atoms with Gasteiger partial charge in [0.25, 0.3) is 0 Å². The summed E-state index contributed by atoms with van der Waals surface area (Å²) in [5, 5.41) is 26.0. The van der Waals surface area contributed by atoms with Crippen LogP contribution in [0.4, 0.5) is 0 Å². The second kappa shape index (κ2) is 4.78. The fraction of sp³-hybridized carbons (Fsp3) is 0.714. The molecule has 0 saturated carbocycles. The number of rotatable bonds is 5. The highest BCUT2D eigenvalue weighted by Crippen LogP contribution is 2.05. The zero-order valence-electron chi connectivity index (χ0n) is 7.47. The Bertz CT molecular complexity index is 203. The lowest BCUT2D eigenvalue weighted by molar-refractivity contribution is -0.153. The second-order valence-electron chi connectivity index (χ2n) is 2.75. The van der Waals surface area contributed by atoms with Crippen LogP contribution in [0.5, 0.6) is 0 Å². The monoisotopic (exact) mass is 191 g/mol. The van der Waals surface area contributed by atoms with Crippen molar-refractivity contribution < 1.29 is 24.9 Å². The largest absolute Gasteiger partial charge is 0.481 e. The minimum absolute atomic E-state index is 0.531. The molecule has 0 aliphatic carbocycles. The summed E-state index contributed by atoms with van der Waals surface area (Å²) in [4.78, 5) is 21.9.